The number of nitrogens with one attached hydrogen (secondary N) is 2. The number of amides is 1. The molecule has 3 rings (SSSR count). The minimum atomic E-state index is -0.329. The molecule has 0 fully saturated rings. The summed E-state index contributed by atoms with van der Waals surface area (Å²) in [6, 6.07) is 18.4. The van der Waals surface area contributed by atoms with Gasteiger partial charge in [-0.1, -0.05) is 24.3 Å². The molecule has 0 bridgehead atoms. The van der Waals surface area contributed by atoms with Crippen molar-refractivity contribution in [1.29, 1.82) is 5.26 Å². The van der Waals surface area contributed by atoms with Crippen molar-refractivity contribution in [2.75, 3.05) is 10.6 Å². The zero-order valence-corrected chi connectivity index (χ0v) is 15.2. The number of nitriles is 1. The van der Waals surface area contributed by atoms with Crippen LogP contribution in [0.15, 0.2) is 54.6 Å². The van der Waals surface area contributed by atoms with Crippen molar-refractivity contribution >= 4 is 17.5 Å². The molecule has 2 N–H and O–H groups in total. The van der Waals surface area contributed by atoms with Crippen LogP contribution in [-0.4, -0.2) is 15.9 Å². The van der Waals surface area contributed by atoms with Crippen LogP contribution in [0.2, 0.25) is 0 Å². The van der Waals surface area contributed by atoms with Gasteiger partial charge < -0.3 is 10.6 Å². The van der Waals surface area contributed by atoms with Crippen LogP contribution in [0.25, 0.3) is 0 Å². The first-order valence-electron chi connectivity index (χ1n) is 8.51. The molecule has 1 amide bonds. The number of rotatable bonds is 5. The Morgan fingerprint density at radius 1 is 1.07 bits per heavy atom. The van der Waals surface area contributed by atoms with Crippen LogP contribution in [-0.2, 0) is 6.54 Å². The van der Waals surface area contributed by atoms with E-state index in [2.05, 4.69) is 20.6 Å². The van der Waals surface area contributed by atoms with Gasteiger partial charge in [-0.05, 0) is 55.3 Å². The Hall–Kier alpha value is -3.72. The molecule has 0 radical (unpaired) electrons. The van der Waals surface area contributed by atoms with Gasteiger partial charge in [0.15, 0.2) is 0 Å². The maximum Gasteiger partial charge on any atom is 0.274 e. The van der Waals surface area contributed by atoms with E-state index in [9.17, 15) is 4.79 Å². The summed E-state index contributed by atoms with van der Waals surface area (Å²) in [5.74, 6) is 0.0763. The highest BCUT2D eigenvalue weighted by Crippen LogP contribution is 2.13. The third-order valence-corrected chi connectivity index (χ3v) is 4.06. The molecule has 6 nitrogen and oxygen atoms in total. The summed E-state index contributed by atoms with van der Waals surface area (Å²) in [5, 5.41) is 14.8. The lowest BCUT2D eigenvalue weighted by Crippen LogP contribution is -2.16. The molecule has 0 saturated carbocycles. The standard InChI is InChI=1S/C21H19N5O/c1-14-5-3-4-6-17(14)13-23-21-24-15(2)11-19(26-21)20(27)25-18-9-7-16(12-22)8-10-18/h3-11H,13H2,1-2H3,(H,25,27)(H,23,24,26). The van der Waals surface area contributed by atoms with E-state index in [-0.39, 0.29) is 11.6 Å². The van der Waals surface area contributed by atoms with Crippen molar-refractivity contribution in [2.45, 2.75) is 20.4 Å². The topological polar surface area (TPSA) is 90.7 Å². The number of carbonyl (C=O) groups is 1. The summed E-state index contributed by atoms with van der Waals surface area (Å²) in [5.41, 5.74) is 4.43. The number of anilines is 2. The average molecular weight is 357 g/mol. The predicted octanol–water partition coefficient (Wildman–Crippen LogP) is 3.83. The Morgan fingerprint density at radius 3 is 2.52 bits per heavy atom. The van der Waals surface area contributed by atoms with Crippen LogP contribution >= 0.6 is 0 Å². The van der Waals surface area contributed by atoms with Crippen molar-refractivity contribution in [2.24, 2.45) is 0 Å². The Balaban J connectivity index is 1.73. The van der Waals surface area contributed by atoms with E-state index in [1.165, 1.54) is 5.56 Å². The van der Waals surface area contributed by atoms with Gasteiger partial charge in [-0.2, -0.15) is 5.26 Å². The van der Waals surface area contributed by atoms with Crippen LogP contribution < -0.4 is 10.6 Å². The van der Waals surface area contributed by atoms with Crippen LogP contribution in [0.3, 0.4) is 0 Å². The summed E-state index contributed by atoms with van der Waals surface area (Å²) < 4.78 is 0. The van der Waals surface area contributed by atoms with Crippen molar-refractivity contribution in [1.82, 2.24) is 9.97 Å². The number of aromatic nitrogens is 2. The Bertz CT molecular complexity index is 1010. The molecule has 0 aliphatic heterocycles. The fourth-order valence-electron chi connectivity index (χ4n) is 2.57. The van der Waals surface area contributed by atoms with E-state index in [1.807, 2.05) is 44.2 Å². The van der Waals surface area contributed by atoms with E-state index in [0.29, 0.717) is 29.4 Å². The molecule has 6 heteroatoms. The molecule has 0 unspecified atom stereocenters. The van der Waals surface area contributed by atoms with E-state index in [0.717, 1.165) is 5.56 Å². The van der Waals surface area contributed by atoms with E-state index in [1.54, 1.807) is 30.3 Å². The number of aryl methyl sites for hydroxylation is 2. The molecule has 3 aromatic rings. The van der Waals surface area contributed by atoms with Gasteiger partial charge >= 0.3 is 0 Å². The average Bonchev–Trinajstić information content (AvgIpc) is 2.67. The van der Waals surface area contributed by atoms with Gasteiger partial charge in [-0.3, -0.25) is 4.79 Å². The van der Waals surface area contributed by atoms with Crippen molar-refractivity contribution in [3.05, 3.63) is 82.7 Å². The second-order valence-corrected chi connectivity index (χ2v) is 6.14. The zero-order valence-electron chi connectivity index (χ0n) is 15.2. The molecule has 0 saturated heterocycles. The maximum atomic E-state index is 12.5. The van der Waals surface area contributed by atoms with Crippen LogP contribution in [0.1, 0.15) is 32.9 Å². The molecule has 0 aliphatic rings. The second kappa shape index (κ2) is 8.11. The van der Waals surface area contributed by atoms with Gasteiger partial charge in [0.05, 0.1) is 11.6 Å². The quantitative estimate of drug-likeness (QED) is 0.724. The van der Waals surface area contributed by atoms with Gasteiger partial charge in [0.2, 0.25) is 5.95 Å². The Morgan fingerprint density at radius 2 is 1.81 bits per heavy atom. The van der Waals surface area contributed by atoms with Crippen LogP contribution in [0, 0.1) is 25.2 Å². The first-order chi connectivity index (χ1) is 13.0. The van der Waals surface area contributed by atoms with E-state index >= 15 is 0 Å². The molecule has 134 valence electrons. The van der Waals surface area contributed by atoms with Crippen LogP contribution in [0.4, 0.5) is 11.6 Å². The highest BCUT2D eigenvalue weighted by Gasteiger charge is 2.11. The SMILES string of the molecule is Cc1cc(C(=O)Nc2ccc(C#N)cc2)nc(NCc2ccccc2C)n1. The summed E-state index contributed by atoms with van der Waals surface area (Å²) in [6.45, 7) is 4.44. The second-order valence-electron chi connectivity index (χ2n) is 6.14. The first-order valence-corrected chi connectivity index (χ1v) is 8.51. The minimum absolute atomic E-state index is 0.277. The molecule has 2 aromatic carbocycles. The fourth-order valence-corrected chi connectivity index (χ4v) is 2.57. The predicted molar refractivity (Wildman–Crippen MR) is 104 cm³/mol. The summed E-state index contributed by atoms with van der Waals surface area (Å²) in [4.78, 5) is 21.2. The monoisotopic (exact) mass is 357 g/mol. The Kier molecular flexibility index (Phi) is 5.43. The smallest absolute Gasteiger partial charge is 0.274 e. The van der Waals surface area contributed by atoms with E-state index < -0.39 is 0 Å². The molecular formula is C21H19N5O. The zero-order chi connectivity index (χ0) is 19.2. The van der Waals surface area contributed by atoms with Crippen molar-refractivity contribution in [3.63, 3.8) is 0 Å². The maximum absolute atomic E-state index is 12.5. The van der Waals surface area contributed by atoms with Crippen molar-refractivity contribution in [3.8, 4) is 6.07 Å². The van der Waals surface area contributed by atoms with Gasteiger partial charge in [-0.15, -0.1) is 0 Å². The lowest BCUT2D eigenvalue weighted by Gasteiger charge is -2.10. The third kappa shape index (κ3) is 4.67. The summed E-state index contributed by atoms with van der Waals surface area (Å²) in [6.07, 6.45) is 0. The summed E-state index contributed by atoms with van der Waals surface area (Å²) in [7, 11) is 0. The lowest BCUT2D eigenvalue weighted by molar-refractivity contribution is 0.102. The number of hydrogen-bond acceptors (Lipinski definition) is 5. The molecule has 0 atom stereocenters. The van der Waals surface area contributed by atoms with E-state index in [4.69, 9.17) is 5.26 Å². The third-order valence-electron chi connectivity index (χ3n) is 4.06. The van der Waals surface area contributed by atoms with Gasteiger partial charge in [0.1, 0.15) is 5.69 Å². The fraction of sp³-hybridized carbons (Fsp3) is 0.143. The van der Waals surface area contributed by atoms with Crippen molar-refractivity contribution < 1.29 is 4.79 Å². The number of benzene rings is 2. The summed E-state index contributed by atoms with van der Waals surface area (Å²) >= 11 is 0. The molecule has 1 heterocycles. The van der Waals surface area contributed by atoms with Crippen LogP contribution in [0.5, 0.6) is 0 Å². The number of hydrogen-bond donors (Lipinski definition) is 2. The molecular weight excluding hydrogens is 338 g/mol. The van der Waals surface area contributed by atoms with Gasteiger partial charge in [0, 0.05) is 17.9 Å². The highest BCUT2D eigenvalue weighted by atomic mass is 16.1. The largest absolute Gasteiger partial charge is 0.350 e. The molecule has 0 aliphatic carbocycles. The molecule has 1 aromatic heterocycles. The first kappa shape index (κ1) is 18.1. The number of carbonyl (C=O) groups excluding carboxylic acids is 1. The highest BCUT2D eigenvalue weighted by molar-refractivity contribution is 6.03. The van der Waals surface area contributed by atoms with Gasteiger partial charge in [-0.25, -0.2) is 9.97 Å². The minimum Gasteiger partial charge on any atom is -0.350 e. The number of nitrogens with zero attached hydrogens (tertiary/aromatic N) is 3. The normalized spacial score (nSPS) is 10.1. The Labute approximate surface area is 157 Å². The lowest BCUT2D eigenvalue weighted by atomic mass is 10.1. The molecule has 27 heavy (non-hydrogen) atoms. The van der Waals surface area contributed by atoms with Gasteiger partial charge in [0.25, 0.3) is 5.91 Å². The molecule has 0 spiro atoms.